The lowest BCUT2D eigenvalue weighted by Crippen LogP contribution is -2.27. The summed E-state index contributed by atoms with van der Waals surface area (Å²) >= 11 is 0. The van der Waals surface area contributed by atoms with Crippen molar-refractivity contribution < 1.29 is 8.42 Å². The van der Waals surface area contributed by atoms with Gasteiger partial charge in [-0.15, -0.1) is 0 Å². The molecule has 0 saturated heterocycles. The molecule has 2 N–H and O–H groups in total. The minimum absolute atomic E-state index is 0.138. The van der Waals surface area contributed by atoms with Crippen LogP contribution in [0, 0.1) is 5.92 Å². The van der Waals surface area contributed by atoms with Gasteiger partial charge < -0.3 is 5.32 Å². The number of likely N-dealkylation sites (N-methyl/N-ethyl adjacent to an activating group) is 1. The number of hydrogen-bond donors (Lipinski definition) is 2. The van der Waals surface area contributed by atoms with Crippen LogP contribution < -0.4 is 10.0 Å². The minimum Gasteiger partial charge on any atom is -0.319 e. The minimum atomic E-state index is -3.34. The van der Waals surface area contributed by atoms with Crippen LogP contribution in [-0.2, 0) is 16.4 Å². The van der Waals surface area contributed by atoms with Crippen molar-refractivity contribution >= 4 is 10.0 Å². The molecule has 1 aliphatic carbocycles. The third-order valence-electron chi connectivity index (χ3n) is 3.65. The quantitative estimate of drug-likeness (QED) is 0.797. The number of benzene rings is 1. The van der Waals surface area contributed by atoms with Crippen molar-refractivity contribution in [1.82, 2.24) is 10.0 Å². The molecule has 1 fully saturated rings. The summed E-state index contributed by atoms with van der Waals surface area (Å²) in [6.45, 7) is 2.99. The van der Waals surface area contributed by atoms with Crippen LogP contribution >= 0.6 is 0 Å². The molecule has 1 aromatic rings. The predicted molar refractivity (Wildman–Crippen MR) is 76.6 cm³/mol. The second-order valence-corrected chi connectivity index (χ2v) is 6.84. The lowest BCUT2D eigenvalue weighted by Gasteiger charge is -2.07. The summed E-state index contributed by atoms with van der Waals surface area (Å²) in [5, 5.41) is 3.08. The van der Waals surface area contributed by atoms with Gasteiger partial charge in [0.1, 0.15) is 0 Å². The summed E-state index contributed by atoms with van der Waals surface area (Å²) in [5.41, 5.74) is 1.14. The van der Waals surface area contributed by atoms with E-state index in [-0.39, 0.29) is 6.04 Å². The van der Waals surface area contributed by atoms with E-state index < -0.39 is 10.0 Å². The Labute approximate surface area is 115 Å². The molecule has 2 atom stereocenters. The van der Waals surface area contributed by atoms with Crippen LogP contribution in [0.2, 0.25) is 0 Å². The second kappa shape index (κ2) is 6.03. The van der Waals surface area contributed by atoms with Crippen molar-refractivity contribution in [2.24, 2.45) is 5.92 Å². The van der Waals surface area contributed by atoms with E-state index in [0.717, 1.165) is 31.4 Å². The Bertz CT molecular complexity index is 511. The van der Waals surface area contributed by atoms with E-state index in [1.807, 2.05) is 19.2 Å². The molecule has 0 spiro atoms. The van der Waals surface area contributed by atoms with Crippen LogP contribution in [0.1, 0.15) is 25.3 Å². The van der Waals surface area contributed by atoms with Crippen LogP contribution in [0.3, 0.4) is 0 Å². The van der Waals surface area contributed by atoms with Crippen molar-refractivity contribution in [3.63, 3.8) is 0 Å². The smallest absolute Gasteiger partial charge is 0.240 e. The van der Waals surface area contributed by atoms with Gasteiger partial charge >= 0.3 is 0 Å². The molecule has 1 aliphatic rings. The number of hydrogen-bond acceptors (Lipinski definition) is 3. The van der Waals surface area contributed by atoms with E-state index in [0.29, 0.717) is 10.8 Å². The van der Waals surface area contributed by atoms with Crippen molar-refractivity contribution in [1.29, 1.82) is 0 Å². The van der Waals surface area contributed by atoms with Gasteiger partial charge in [-0.05, 0) is 50.0 Å². The van der Waals surface area contributed by atoms with E-state index in [1.54, 1.807) is 12.1 Å². The first-order valence-electron chi connectivity index (χ1n) is 6.82. The van der Waals surface area contributed by atoms with Gasteiger partial charge in [0.2, 0.25) is 10.0 Å². The Kier molecular flexibility index (Phi) is 4.60. The zero-order valence-corrected chi connectivity index (χ0v) is 12.3. The molecule has 0 bridgehead atoms. The summed E-state index contributed by atoms with van der Waals surface area (Å²) in [6.07, 6.45) is 2.91. The van der Waals surface area contributed by atoms with Gasteiger partial charge in [-0.1, -0.05) is 25.5 Å². The third-order valence-corrected chi connectivity index (χ3v) is 5.16. The SMILES string of the molecule is CCC1CC1NS(=O)(=O)c1ccc(CCNC)cc1. The first kappa shape index (κ1) is 14.5. The maximum absolute atomic E-state index is 12.1. The Morgan fingerprint density at radius 1 is 1.26 bits per heavy atom. The normalized spacial score (nSPS) is 22.4. The predicted octanol–water partition coefficient (Wildman–Crippen LogP) is 1.53. The van der Waals surface area contributed by atoms with E-state index in [9.17, 15) is 8.42 Å². The van der Waals surface area contributed by atoms with Gasteiger partial charge in [0.15, 0.2) is 0 Å². The second-order valence-electron chi connectivity index (χ2n) is 5.13. The van der Waals surface area contributed by atoms with Gasteiger partial charge in [0.25, 0.3) is 0 Å². The van der Waals surface area contributed by atoms with Crippen LogP contribution in [0.15, 0.2) is 29.2 Å². The van der Waals surface area contributed by atoms with Crippen molar-refractivity contribution in [2.45, 2.75) is 37.1 Å². The molecule has 19 heavy (non-hydrogen) atoms. The number of nitrogens with one attached hydrogen (secondary N) is 2. The molecule has 2 unspecified atom stereocenters. The first-order valence-corrected chi connectivity index (χ1v) is 8.31. The molecule has 4 nitrogen and oxygen atoms in total. The largest absolute Gasteiger partial charge is 0.319 e. The average molecular weight is 282 g/mol. The summed E-state index contributed by atoms with van der Waals surface area (Å²) in [7, 11) is -1.44. The fraction of sp³-hybridized carbons (Fsp3) is 0.571. The van der Waals surface area contributed by atoms with Crippen molar-refractivity contribution in [2.75, 3.05) is 13.6 Å². The highest BCUT2D eigenvalue weighted by atomic mass is 32.2. The summed E-state index contributed by atoms with van der Waals surface area (Å²) in [6, 6.07) is 7.29. The van der Waals surface area contributed by atoms with Crippen LogP contribution in [-0.4, -0.2) is 28.1 Å². The third kappa shape index (κ3) is 3.78. The monoisotopic (exact) mass is 282 g/mol. The van der Waals surface area contributed by atoms with Gasteiger partial charge in [-0.2, -0.15) is 0 Å². The van der Waals surface area contributed by atoms with E-state index in [1.165, 1.54) is 0 Å². The lowest BCUT2D eigenvalue weighted by molar-refractivity contribution is 0.576. The summed E-state index contributed by atoms with van der Waals surface area (Å²) < 4.78 is 27.1. The molecular weight excluding hydrogens is 260 g/mol. The summed E-state index contributed by atoms with van der Waals surface area (Å²) in [5.74, 6) is 0.518. The van der Waals surface area contributed by atoms with Gasteiger partial charge in [0, 0.05) is 6.04 Å². The molecule has 0 aromatic heterocycles. The summed E-state index contributed by atoms with van der Waals surface area (Å²) in [4.78, 5) is 0.363. The molecule has 5 heteroatoms. The molecule has 0 aliphatic heterocycles. The van der Waals surface area contributed by atoms with Crippen molar-refractivity contribution in [3.8, 4) is 0 Å². The molecule has 0 amide bonds. The Hall–Kier alpha value is -0.910. The molecular formula is C14H22N2O2S. The first-order chi connectivity index (χ1) is 9.06. The van der Waals surface area contributed by atoms with Gasteiger partial charge in [-0.25, -0.2) is 13.1 Å². The van der Waals surface area contributed by atoms with E-state index >= 15 is 0 Å². The molecule has 1 aromatic carbocycles. The Morgan fingerprint density at radius 2 is 1.95 bits per heavy atom. The molecule has 1 saturated carbocycles. The highest BCUT2D eigenvalue weighted by Gasteiger charge is 2.38. The topological polar surface area (TPSA) is 58.2 Å². The zero-order chi connectivity index (χ0) is 13.9. The van der Waals surface area contributed by atoms with E-state index in [4.69, 9.17) is 0 Å². The number of rotatable bonds is 7. The Balaban J connectivity index is 2.00. The standard InChI is InChI=1S/C14H22N2O2S/c1-3-12-10-14(12)16-19(17,18)13-6-4-11(5-7-13)8-9-15-2/h4-7,12,14-16H,3,8-10H2,1-2H3. The lowest BCUT2D eigenvalue weighted by atomic mass is 10.1. The number of sulfonamides is 1. The molecule has 0 heterocycles. The van der Waals surface area contributed by atoms with Crippen LogP contribution in [0.4, 0.5) is 0 Å². The highest BCUT2D eigenvalue weighted by molar-refractivity contribution is 7.89. The van der Waals surface area contributed by atoms with Crippen LogP contribution in [0.5, 0.6) is 0 Å². The van der Waals surface area contributed by atoms with E-state index in [2.05, 4.69) is 17.0 Å². The molecule has 0 radical (unpaired) electrons. The van der Waals surface area contributed by atoms with Crippen LogP contribution in [0.25, 0.3) is 0 Å². The van der Waals surface area contributed by atoms with Gasteiger partial charge in [-0.3, -0.25) is 0 Å². The van der Waals surface area contributed by atoms with Crippen molar-refractivity contribution in [3.05, 3.63) is 29.8 Å². The molecule has 106 valence electrons. The Morgan fingerprint density at radius 3 is 2.47 bits per heavy atom. The zero-order valence-electron chi connectivity index (χ0n) is 11.5. The molecule has 2 rings (SSSR count). The maximum Gasteiger partial charge on any atom is 0.240 e. The highest BCUT2D eigenvalue weighted by Crippen LogP contribution is 2.34. The van der Waals surface area contributed by atoms with Gasteiger partial charge in [0.05, 0.1) is 4.90 Å². The average Bonchev–Trinajstić information content (AvgIpc) is 3.14. The fourth-order valence-corrected chi connectivity index (χ4v) is 3.53. The maximum atomic E-state index is 12.1. The fourth-order valence-electron chi connectivity index (χ4n) is 2.22.